The van der Waals surface area contributed by atoms with Crippen LogP contribution in [0.4, 0.5) is 0 Å². The molecule has 7 nitrogen and oxygen atoms in total. The maximum absolute atomic E-state index is 13.1. The van der Waals surface area contributed by atoms with Crippen molar-refractivity contribution in [3.63, 3.8) is 0 Å². The number of carbonyl (C=O) groups excluding carboxylic acids is 3. The molecule has 5 fully saturated rings. The number of ether oxygens (including phenoxy) is 3. The van der Waals surface area contributed by atoms with Crippen LogP contribution in [-0.2, 0) is 30.3 Å². The molecule has 8 rings (SSSR count). The summed E-state index contributed by atoms with van der Waals surface area (Å²) in [6.07, 6.45) is 12.1. The summed E-state index contributed by atoms with van der Waals surface area (Å²) in [7, 11) is 0. The molecule has 0 saturated heterocycles. The van der Waals surface area contributed by atoms with Crippen LogP contribution in [-0.4, -0.2) is 40.6 Å². The number of rotatable bonds is 5. The molecule has 2 spiro atoms. The number of phenolic OH excluding ortho intramolecular Hbond substituents is 1. The monoisotopic (exact) mass is 658 g/mol. The van der Waals surface area contributed by atoms with Crippen LogP contribution in [0.25, 0.3) is 0 Å². The summed E-state index contributed by atoms with van der Waals surface area (Å²) in [4.78, 5) is 38.7. The summed E-state index contributed by atoms with van der Waals surface area (Å²) in [6.45, 7) is 14.6. The first-order valence-electron chi connectivity index (χ1n) is 18.7. The third kappa shape index (κ3) is 4.02. The van der Waals surface area contributed by atoms with Crippen LogP contribution in [0.2, 0.25) is 0 Å². The topological polar surface area (TPSA) is 99.1 Å². The van der Waals surface area contributed by atoms with Gasteiger partial charge in [-0.2, -0.15) is 0 Å². The van der Waals surface area contributed by atoms with Crippen molar-refractivity contribution in [3.8, 4) is 11.5 Å². The van der Waals surface area contributed by atoms with Crippen LogP contribution in [0.3, 0.4) is 0 Å². The van der Waals surface area contributed by atoms with Crippen molar-refractivity contribution in [3.05, 3.63) is 35.9 Å². The summed E-state index contributed by atoms with van der Waals surface area (Å²) in [5.41, 5.74) is 0.366. The quantitative estimate of drug-likeness (QED) is 0.325. The minimum absolute atomic E-state index is 0.0389. The Morgan fingerprint density at radius 2 is 1.77 bits per heavy atom. The largest absolute Gasteiger partial charge is 0.508 e. The van der Waals surface area contributed by atoms with E-state index in [1.807, 2.05) is 12.1 Å². The highest BCUT2D eigenvalue weighted by Gasteiger charge is 2.82. The zero-order valence-electron chi connectivity index (χ0n) is 29.8. The third-order valence-corrected chi connectivity index (χ3v) is 16.3. The summed E-state index contributed by atoms with van der Waals surface area (Å²) in [5.74, 6) is 1.81. The zero-order chi connectivity index (χ0) is 34.2. The molecule has 6 aliphatic carbocycles. The zero-order valence-corrected chi connectivity index (χ0v) is 29.8. The van der Waals surface area contributed by atoms with Crippen molar-refractivity contribution in [2.24, 2.45) is 63.1 Å². The Bertz CT molecular complexity index is 1600. The van der Waals surface area contributed by atoms with Crippen molar-refractivity contribution in [1.29, 1.82) is 0 Å². The van der Waals surface area contributed by atoms with Gasteiger partial charge in [-0.25, -0.2) is 0 Å². The predicted octanol–water partition coefficient (Wildman–Crippen LogP) is 7.62. The van der Waals surface area contributed by atoms with Crippen molar-refractivity contribution in [2.45, 2.75) is 124 Å². The predicted molar refractivity (Wildman–Crippen MR) is 180 cm³/mol. The van der Waals surface area contributed by atoms with Crippen molar-refractivity contribution >= 4 is 17.7 Å². The first-order chi connectivity index (χ1) is 22.6. The van der Waals surface area contributed by atoms with E-state index < -0.39 is 11.7 Å². The Morgan fingerprint density at radius 1 is 1.00 bits per heavy atom. The maximum atomic E-state index is 13.1. The molecule has 0 bridgehead atoms. The van der Waals surface area contributed by atoms with Gasteiger partial charge in [0.2, 0.25) is 0 Å². The smallest absolute Gasteiger partial charge is 0.303 e. The summed E-state index contributed by atoms with van der Waals surface area (Å²) < 4.78 is 19.9. The molecule has 5 saturated carbocycles. The summed E-state index contributed by atoms with van der Waals surface area (Å²) in [6, 6.07) is 5.39. The van der Waals surface area contributed by atoms with Crippen LogP contribution in [0, 0.1) is 63.1 Å². The number of fused-ring (bicyclic) bond motifs is 4. The Kier molecular flexibility index (Phi) is 6.98. The van der Waals surface area contributed by atoms with Gasteiger partial charge < -0.3 is 19.3 Å². The number of ketones is 1. The molecule has 260 valence electrons. The fourth-order valence-electron chi connectivity index (χ4n) is 14.1. The van der Waals surface area contributed by atoms with E-state index in [1.54, 1.807) is 12.1 Å². The van der Waals surface area contributed by atoms with Crippen LogP contribution in [0.1, 0.15) is 105 Å². The molecule has 1 aromatic carbocycles. The van der Waals surface area contributed by atoms with E-state index in [4.69, 9.17) is 14.2 Å². The average Bonchev–Trinajstić information content (AvgIpc) is 3.50. The molecule has 14 atom stereocenters. The lowest BCUT2D eigenvalue weighted by molar-refractivity contribution is -0.191. The second-order valence-corrected chi connectivity index (χ2v) is 17.9. The number of benzene rings is 1. The van der Waals surface area contributed by atoms with Crippen LogP contribution >= 0.6 is 0 Å². The highest BCUT2D eigenvalue weighted by molar-refractivity contribution is 5.93. The molecule has 0 radical (unpaired) electrons. The van der Waals surface area contributed by atoms with Gasteiger partial charge in [0.25, 0.3) is 0 Å². The van der Waals surface area contributed by atoms with E-state index in [0.717, 1.165) is 63.4 Å². The standard InChI is InChI=1S/C41H54O7/c1-22-12-15-41(30(22)18-27-8-9-28(44)19-32(27)48-41)36(47-26(5)43)24(3)35-33(46-25(4)42)20-38(7)34-11-10-29-23(2)31(45)13-14-39(29)21-40(34,39)17-16-37(35,38)6/h8-9,13-14,19,22-24,29-30,33-36,44H,10-12,15-18,20-21H2,1-7H3/t22?,23-,24-,29-,30?,33-,34-,35-,36+,37+,38-,39+,40-,41?/m0/s1. The molecule has 1 aromatic rings. The number of hydrogen-bond donors (Lipinski definition) is 1. The van der Waals surface area contributed by atoms with Gasteiger partial charge in [0.1, 0.15) is 29.3 Å². The highest BCUT2D eigenvalue weighted by atomic mass is 16.6. The number of carbonyl (C=O) groups is 3. The first-order valence-corrected chi connectivity index (χ1v) is 18.7. The van der Waals surface area contributed by atoms with Gasteiger partial charge in [-0.05, 0) is 115 Å². The van der Waals surface area contributed by atoms with E-state index >= 15 is 0 Å². The van der Waals surface area contributed by atoms with Crippen LogP contribution in [0.15, 0.2) is 30.4 Å². The molecular weight excluding hydrogens is 604 g/mol. The molecule has 0 amide bonds. The lowest BCUT2D eigenvalue weighted by Crippen LogP contribution is -2.61. The molecular formula is C41H54O7. The minimum atomic E-state index is -0.745. The van der Waals surface area contributed by atoms with Gasteiger partial charge in [-0.3, -0.25) is 14.4 Å². The maximum Gasteiger partial charge on any atom is 0.303 e. The molecule has 1 heterocycles. The summed E-state index contributed by atoms with van der Waals surface area (Å²) >= 11 is 0. The number of aromatic hydroxyl groups is 1. The Balaban J connectivity index is 1.20. The van der Waals surface area contributed by atoms with Crippen molar-refractivity contribution in [1.82, 2.24) is 0 Å². The van der Waals surface area contributed by atoms with E-state index in [9.17, 15) is 19.5 Å². The molecule has 7 aliphatic rings. The number of phenols is 1. The second-order valence-electron chi connectivity index (χ2n) is 17.9. The van der Waals surface area contributed by atoms with Gasteiger partial charge in [0.05, 0.1) is 0 Å². The first kappa shape index (κ1) is 32.4. The fourth-order valence-corrected chi connectivity index (χ4v) is 14.1. The molecule has 1 N–H and O–H groups in total. The molecule has 0 aromatic heterocycles. The lowest BCUT2D eigenvalue weighted by Gasteiger charge is -2.61. The number of esters is 2. The Morgan fingerprint density at radius 3 is 2.50 bits per heavy atom. The fraction of sp³-hybridized carbons (Fsp3) is 0.732. The average molecular weight is 659 g/mol. The van der Waals surface area contributed by atoms with Gasteiger partial charge >= 0.3 is 11.9 Å². The molecule has 3 unspecified atom stereocenters. The van der Waals surface area contributed by atoms with Gasteiger partial charge in [-0.1, -0.05) is 46.8 Å². The highest BCUT2D eigenvalue weighted by Crippen LogP contribution is 2.87. The SMILES string of the molecule is CC(=O)O[C@H]1C[C@@]2(C)[C@@H]3CC[C@H]4[C@H](C)C(=O)C=C[C@@]45C[C@@]35CC[C@]2(C)[C@H]1[C@H](C)[C@@H](OC(C)=O)C12CCC(C)C1Cc1ccc(O)cc1O2. The van der Waals surface area contributed by atoms with Gasteiger partial charge in [-0.15, -0.1) is 0 Å². The van der Waals surface area contributed by atoms with Gasteiger partial charge in [0.15, 0.2) is 5.78 Å². The molecule has 1 aliphatic heterocycles. The minimum Gasteiger partial charge on any atom is -0.508 e. The normalized spacial score (nSPS) is 47.6. The van der Waals surface area contributed by atoms with E-state index in [2.05, 4.69) is 40.7 Å². The Hall–Kier alpha value is -2.83. The second kappa shape index (κ2) is 10.4. The third-order valence-electron chi connectivity index (χ3n) is 16.3. The Labute approximate surface area is 285 Å². The van der Waals surface area contributed by atoms with E-state index in [-0.39, 0.29) is 74.9 Å². The number of allylic oxidation sites excluding steroid dienone is 2. The van der Waals surface area contributed by atoms with Crippen molar-refractivity contribution in [2.75, 3.05) is 0 Å². The summed E-state index contributed by atoms with van der Waals surface area (Å²) in [5, 5.41) is 10.4. The van der Waals surface area contributed by atoms with E-state index in [0.29, 0.717) is 23.5 Å². The molecule has 7 heteroatoms. The van der Waals surface area contributed by atoms with Crippen LogP contribution < -0.4 is 4.74 Å². The van der Waals surface area contributed by atoms with Crippen LogP contribution in [0.5, 0.6) is 11.5 Å². The van der Waals surface area contributed by atoms with Crippen molar-refractivity contribution < 1.29 is 33.7 Å². The van der Waals surface area contributed by atoms with Gasteiger partial charge in [0, 0.05) is 43.6 Å². The van der Waals surface area contributed by atoms with E-state index in [1.165, 1.54) is 13.8 Å². The molecule has 48 heavy (non-hydrogen) atoms. The number of hydrogen-bond acceptors (Lipinski definition) is 7. The lowest BCUT2D eigenvalue weighted by atomic mass is 9.43.